The molecule has 0 fully saturated rings. The molecular formula is C9H8F2N2O. The molecule has 74 valence electrons. The van der Waals surface area contributed by atoms with E-state index in [4.69, 9.17) is 5.11 Å². The van der Waals surface area contributed by atoms with Crippen LogP contribution in [-0.4, -0.2) is 15.1 Å². The first-order chi connectivity index (χ1) is 6.63. The molecule has 2 rings (SSSR count). The highest BCUT2D eigenvalue weighted by Gasteiger charge is 2.14. The first-order valence-electron chi connectivity index (χ1n) is 4.07. The number of halogens is 2. The zero-order valence-corrected chi connectivity index (χ0v) is 7.43. The van der Waals surface area contributed by atoms with Crippen LogP contribution in [0.5, 0.6) is 0 Å². The summed E-state index contributed by atoms with van der Waals surface area (Å²) in [5.74, 6) is -1.46. The van der Waals surface area contributed by atoms with Crippen LogP contribution in [0.1, 0.15) is 11.4 Å². The highest BCUT2D eigenvalue weighted by Crippen LogP contribution is 2.22. The number of H-pyrrole nitrogens is 1. The lowest BCUT2D eigenvalue weighted by molar-refractivity contribution is 0.282. The molecule has 3 nitrogen and oxygen atoms in total. The molecule has 0 saturated carbocycles. The zero-order valence-electron chi connectivity index (χ0n) is 7.43. The molecule has 5 heteroatoms. The lowest BCUT2D eigenvalue weighted by atomic mass is 10.2. The predicted octanol–water partition coefficient (Wildman–Crippen LogP) is 1.64. The fraction of sp³-hybridized carbons (Fsp3) is 0.222. The van der Waals surface area contributed by atoms with Crippen LogP contribution < -0.4 is 0 Å². The Morgan fingerprint density at radius 1 is 1.50 bits per heavy atom. The third kappa shape index (κ3) is 1.17. The van der Waals surface area contributed by atoms with Gasteiger partial charge in [-0.25, -0.2) is 13.8 Å². The number of aliphatic hydroxyl groups excluding tert-OH is 1. The summed E-state index contributed by atoms with van der Waals surface area (Å²) in [6.07, 6.45) is 0. The van der Waals surface area contributed by atoms with Gasteiger partial charge >= 0.3 is 0 Å². The summed E-state index contributed by atoms with van der Waals surface area (Å²) in [7, 11) is 0. The van der Waals surface area contributed by atoms with E-state index < -0.39 is 11.6 Å². The average molecular weight is 198 g/mol. The fourth-order valence-corrected chi connectivity index (χ4v) is 1.41. The van der Waals surface area contributed by atoms with Crippen molar-refractivity contribution in [2.24, 2.45) is 0 Å². The van der Waals surface area contributed by atoms with Crippen molar-refractivity contribution in [1.29, 1.82) is 0 Å². The molecule has 0 unspecified atom stereocenters. The Bertz CT molecular complexity index is 493. The zero-order chi connectivity index (χ0) is 10.3. The number of fused-ring (bicyclic) bond motifs is 1. The third-order valence-corrected chi connectivity index (χ3v) is 2.03. The van der Waals surface area contributed by atoms with Gasteiger partial charge in [-0.1, -0.05) is 0 Å². The van der Waals surface area contributed by atoms with Gasteiger partial charge in [0.15, 0.2) is 11.6 Å². The Balaban J connectivity index is 2.88. The van der Waals surface area contributed by atoms with Gasteiger partial charge in [-0.3, -0.25) is 0 Å². The maximum Gasteiger partial charge on any atom is 0.184 e. The molecule has 14 heavy (non-hydrogen) atoms. The van der Waals surface area contributed by atoms with Crippen LogP contribution in [0, 0.1) is 18.6 Å². The number of imidazole rings is 1. The molecule has 1 heterocycles. The number of aryl methyl sites for hydroxylation is 1. The SMILES string of the molecule is Cc1nc2c(CO)cc(F)c(F)c2[nH]1. The summed E-state index contributed by atoms with van der Waals surface area (Å²) in [6.45, 7) is 1.27. The Morgan fingerprint density at radius 2 is 2.21 bits per heavy atom. The Kier molecular flexibility index (Phi) is 1.96. The van der Waals surface area contributed by atoms with Gasteiger partial charge in [0.25, 0.3) is 0 Å². The summed E-state index contributed by atoms with van der Waals surface area (Å²) in [5, 5.41) is 8.92. The van der Waals surface area contributed by atoms with Gasteiger partial charge in [0.05, 0.1) is 12.1 Å². The summed E-state index contributed by atoms with van der Waals surface area (Å²) in [5.41, 5.74) is 0.568. The van der Waals surface area contributed by atoms with Crippen LogP contribution >= 0.6 is 0 Å². The monoisotopic (exact) mass is 198 g/mol. The van der Waals surface area contributed by atoms with Gasteiger partial charge in [0.1, 0.15) is 11.3 Å². The number of benzene rings is 1. The molecule has 1 aromatic carbocycles. The van der Waals surface area contributed by atoms with Crippen LogP contribution in [0.15, 0.2) is 6.07 Å². The summed E-state index contributed by atoms with van der Waals surface area (Å²) in [4.78, 5) is 6.57. The topological polar surface area (TPSA) is 48.9 Å². The molecule has 0 atom stereocenters. The number of nitrogens with one attached hydrogen (secondary N) is 1. The molecule has 1 aromatic heterocycles. The van der Waals surface area contributed by atoms with Gasteiger partial charge in [-0.2, -0.15) is 0 Å². The standard InChI is InChI=1S/C9H8F2N2O/c1-4-12-8-5(3-14)2-6(10)7(11)9(8)13-4/h2,14H,3H2,1H3,(H,12,13). The number of hydrogen-bond donors (Lipinski definition) is 2. The van der Waals surface area contributed by atoms with Gasteiger partial charge in [-0.15, -0.1) is 0 Å². The molecule has 2 aromatic rings. The van der Waals surface area contributed by atoms with E-state index in [1.165, 1.54) is 0 Å². The number of hydrogen-bond acceptors (Lipinski definition) is 2. The number of nitrogens with zero attached hydrogens (tertiary/aromatic N) is 1. The van der Waals surface area contributed by atoms with Crippen molar-refractivity contribution in [3.05, 3.63) is 29.1 Å². The quantitative estimate of drug-likeness (QED) is 0.731. The van der Waals surface area contributed by atoms with E-state index >= 15 is 0 Å². The maximum absolute atomic E-state index is 13.2. The first-order valence-corrected chi connectivity index (χ1v) is 4.07. The van der Waals surface area contributed by atoms with Crippen LogP contribution in [0.25, 0.3) is 11.0 Å². The van der Waals surface area contributed by atoms with Crippen LogP contribution in [0.3, 0.4) is 0 Å². The van der Waals surface area contributed by atoms with Gasteiger partial charge in [0.2, 0.25) is 0 Å². The van der Waals surface area contributed by atoms with Gasteiger partial charge < -0.3 is 10.1 Å². The van der Waals surface area contributed by atoms with Crippen molar-refractivity contribution in [1.82, 2.24) is 9.97 Å². The second-order valence-electron chi connectivity index (χ2n) is 3.04. The van der Waals surface area contributed by atoms with Crippen molar-refractivity contribution in [2.45, 2.75) is 13.5 Å². The fourth-order valence-electron chi connectivity index (χ4n) is 1.41. The number of aromatic nitrogens is 2. The van der Waals surface area contributed by atoms with E-state index in [0.29, 0.717) is 5.82 Å². The minimum Gasteiger partial charge on any atom is -0.392 e. The smallest absolute Gasteiger partial charge is 0.184 e. The molecule has 0 bridgehead atoms. The third-order valence-electron chi connectivity index (χ3n) is 2.03. The van der Waals surface area contributed by atoms with Crippen molar-refractivity contribution in [2.75, 3.05) is 0 Å². The highest BCUT2D eigenvalue weighted by molar-refractivity contribution is 5.79. The molecule has 0 spiro atoms. The predicted molar refractivity (Wildman–Crippen MR) is 46.7 cm³/mol. The molecular weight excluding hydrogens is 190 g/mol. The molecule has 0 radical (unpaired) electrons. The molecule has 0 aliphatic rings. The normalized spacial score (nSPS) is 11.1. The molecule has 0 aliphatic heterocycles. The van der Waals surface area contributed by atoms with E-state index in [2.05, 4.69) is 9.97 Å². The van der Waals surface area contributed by atoms with E-state index in [0.717, 1.165) is 6.07 Å². The van der Waals surface area contributed by atoms with E-state index in [9.17, 15) is 8.78 Å². The van der Waals surface area contributed by atoms with Crippen molar-refractivity contribution >= 4 is 11.0 Å². The summed E-state index contributed by atoms with van der Waals surface area (Å²) < 4.78 is 26.2. The second-order valence-corrected chi connectivity index (χ2v) is 3.04. The largest absolute Gasteiger partial charge is 0.392 e. The molecule has 0 aliphatic carbocycles. The van der Waals surface area contributed by atoms with Gasteiger partial charge in [0, 0.05) is 5.56 Å². The second kappa shape index (κ2) is 3.02. The Labute approximate surface area is 78.4 Å². The average Bonchev–Trinajstić information content (AvgIpc) is 2.54. The van der Waals surface area contributed by atoms with Crippen molar-refractivity contribution < 1.29 is 13.9 Å². The Morgan fingerprint density at radius 3 is 2.86 bits per heavy atom. The van der Waals surface area contributed by atoms with Crippen LogP contribution in [0.4, 0.5) is 8.78 Å². The van der Waals surface area contributed by atoms with Gasteiger partial charge in [-0.05, 0) is 13.0 Å². The van der Waals surface area contributed by atoms with E-state index in [-0.39, 0.29) is 23.2 Å². The summed E-state index contributed by atoms with van der Waals surface area (Å²) >= 11 is 0. The van der Waals surface area contributed by atoms with Crippen LogP contribution in [-0.2, 0) is 6.61 Å². The summed E-state index contributed by atoms with van der Waals surface area (Å²) in [6, 6.07) is 0.956. The minimum absolute atomic E-state index is 0.00606. The van der Waals surface area contributed by atoms with Crippen molar-refractivity contribution in [3.8, 4) is 0 Å². The molecule has 0 saturated heterocycles. The molecule has 0 amide bonds. The Hall–Kier alpha value is -1.49. The lowest BCUT2D eigenvalue weighted by Crippen LogP contribution is -1.92. The number of aliphatic hydroxyl groups is 1. The highest BCUT2D eigenvalue weighted by atomic mass is 19.2. The minimum atomic E-state index is -0.981. The maximum atomic E-state index is 13.2. The number of rotatable bonds is 1. The number of aromatic amines is 1. The first kappa shape index (κ1) is 9.08. The lowest BCUT2D eigenvalue weighted by Gasteiger charge is -1.99. The van der Waals surface area contributed by atoms with Crippen LogP contribution in [0.2, 0.25) is 0 Å². The molecule has 2 N–H and O–H groups in total. The van der Waals surface area contributed by atoms with E-state index in [1.54, 1.807) is 6.92 Å². The van der Waals surface area contributed by atoms with Crippen molar-refractivity contribution in [3.63, 3.8) is 0 Å². The van der Waals surface area contributed by atoms with E-state index in [1.807, 2.05) is 0 Å².